The predicted octanol–water partition coefficient (Wildman–Crippen LogP) is 2.94. The van der Waals surface area contributed by atoms with Crippen LogP contribution in [0.15, 0.2) is 51.9 Å². The zero-order chi connectivity index (χ0) is 18.8. The normalized spacial score (nSPS) is 16.6. The van der Waals surface area contributed by atoms with Crippen LogP contribution in [-0.2, 0) is 6.54 Å². The van der Waals surface area contributed by atoms with Crippen molar-refractivity contribution in [1.82, 2.24) is 15.0 Å². The molecule has 0 bridgehead atoms. The number of anilines is 1. The van der Waals surface area contributed by atoms with E-state index >= 15 is 0 Å². The highest BCUT2D eigenvalue weighted by molar-refractivity contribution is 5.70. The van der Waals surface area contributed by atoms with Crippen molar-refractivity contribution < 1.29 is 4.52 Å². The Morgan fingerprint density at radius 2 is 2.11 bits per heavy atom. The molecule has 1 aliphatic heterocycles. The minimum atomic E-state index is -0.0127. The summed E-state index contributed by atoms with van der Waals surface area (Å²) in [5.74, 6) is 0.755. The van der Waals surface area contributed by atoms with E-state index in [1.807, 2.05) is 56.4 Å². The lowest BCUT2D eigenvalue weighted by molar-refractivity contribution is 0.393. The number of rotatable bonds is 5. The number of hydrogen-bond acceptors (Lipinski definition) is 5. The fourth-order valence-corrected chi connectivity index (χ4v) is 3.67. The lowest BCUT2D eigenvalue weighted by atomic mass is 10.1. The maximum Gasteiger partial charge on any atom is 0.274 e. The average Bonchev–Trinajstić information content (AvgIpc) is 3.29. The number of aromatic nitrogens is 2. The fraction of sp³-hybridized carbons (Fsp3) is 0.333. The minimum absolute atomic E-state index is 0.0127. The maximum absolute atomic E-state index is 13.1. The zero-order valence-electron chi connectivity index (χ0n) is 15.7. The van der Waals surface area contributed by atoms with E-state index in [4.69, 9.17) is 4.52 Å². The number of hydrogen-bond donors (Lipinski definition) is 2. The molecule has 1 aromatic carbocycles. The van der Waals surface area contributed by atoms with E-state index in [1.54, 1.807) is 4.57 Å². The van der Waals surface area contributed by atoms with Gasteiger partial charge in [-0.1, -0.05) is 35.5 Å². The van der Waals surface area contributed by atoms with Gasteiger partial charge in [0.15, 0.2) is 0 Å². The van der Waals surface area contributed by atoms with Crippen molar-refractivity contribution in [1.29, 1.82) is 0 Å². The van der Waals surface area contributed by atoms with Crippen LogP contribution in [0.3, 0.4) is 0 Å². The number of aryl methyl sites for hydroxylation is 2. The quantitative estimate of drug-likeness (QED) is 0.728. The summed E-state index contributed by atoms with van der Waals surface area (Å²) in [5, 5.41) is 10.8. The van der Waals surface area contributed by atoms with Crippen molar-refractivity contribution in [3.8, 4) is 11.1 Å². The van der Waals surface area contributed by atoms with Gasteiger partial charge in [-0.2, -0.15) is 0 Å². The molecule has 6 nitrogen and oxygen atoms in total. The summed E-state index contributed by atoms with van der Waals surface area (Å²) >= 11 is 0. The van der Waals surface area contributed by atoms with Crippen molar-refractivity contribution in [2.24, 2.45) is 0 Å². The van der Waals surface area contributed by atoms with Gasteiger partial charge in [-0.05, 0) is 38.4 Å². The second kappa shape index (κ2) is 7.40. The fourth-order valence-electron chi connectivity index (χ4n) is 3.67. The Kier molecular flexibility index (Phi) is 4.81. The molecular formula is C21H24N4O2. The van der Waals surface area contributed by atoms with E-state index in [-0.39, 0.29) is 11.6 Å². The monoisotopic (exact) mass is 364 g/mol. The molecule has 27 heavy (non-hydrogen) atoms. The van der Waals surface area contributed by atoms with Gasteiger partial charge in [0, 0.05) is 29.9 Å². The SMILES string of the molecule is Cc1noc(C)c1-c1cc(NC2CCNC2)c(=O)n(Cc2ccccc2)c1. The molecule has 0 spiro atoms. The highest BCUT2D eigenvalue weighted by Crippen LogP contribution is 2.28. The smallest absolute Gasteiger partial charge is 0.274 e. The van der Waals surface area contributed by atoms with E-state index in [0.717, 1.165) is 47.7 Å². The van der Waals surface area contributed by atoms with Crippen LogP contribution in [0.2, 0.25) is 0 Å². The van der Waals surface area contributed by atoms with Crippen molar-refractivity contribution in [2.45, 2.75) is 32.9 Å². The van der Waals surface area contributed by atoms with Crippen molar-refractivity contribution in [3.63, 3.8) is 0 Å². The van der Waals surface area contributed by atoms with Gasteiger partial charge >= 0.3 is 0 Å². The second-order valence-corrected chi connectivity index (χ2v) is 7.09. The van der Waals surface area contributed by atoms with Crippen LogP contribution in [0.5, 0.6) is 0 Å². The zero-order valence-corrected chi connectivity index (χ0v) is 15.7. The second-order valence-electron chi connectivity index (χ2n) is 7.09. The summed E-state index contributed by atoms with van der Waals surface area (Å²) in [7, 11) is 0. The lowest BCUT2D eigenvalue weighted by Crippen LogP contribution is -2.29. The van der Waals surface area contributed by atoms with Gasteiger partial charge in [-0.25, -0.2) is 0 Å². The number of benzene rings is 1. The van der Waals surface area contributed by atoms with E-state index in [9.17, 15) is 4.79 Å². The molecule has 3 heterocycles. The molecule has 1 aliphatic rings. The van der Waals surface area contributed by atoms with Crippen molar-refractivity contribution in [2.75, 3.05) is 18.4 Å². The molecule has 2 N–H and O–H groups in total. The van der Waals surface area contributed by atoms with Crippen LogP contribution in [0.25, 0.3) is 11.1 Å². The molecule has 140 valence electrons. The molecular weight excluding hydrogens is 340 g/mol. The molecule has 1 atom stereocenters. The lowest BCUT2D eigenvalue weighted by Gasteiger charge is -2.16. The molecule has 6 heteroatoms. The van der Waals surface area contributed by atoms with E-state index in [0.29, 0.717) is 12.2 Å². The Bertz CT molecular complexity index is 966. The Morgan fingerprint density at radius 1 is 1.30 bits per heavy atom. The van der Waals surface area contributed by atoms with Crippen LogP contribution in [-0.4, -0.2) is 28.9 Å². The van der Waals surface area contributed by atoms with Gasteiger partial charge < -0.3 is 19.7 Å². The topological polar surface area (TPSA) is 72.1 Å². The standard InChI is InChI=1S/C21H24N4O2/c1-14-20(15(2)27-24-14)17-10-19(23-18-8-9-22-11-18)21(26)25(13-17)12-16-6-4-3-5-7-16/h3-7,10,13,18,22-23H,8-9,11-12H2,1-2H3. The molecule has 0 aliphatic carbocycles. The average molecular weight is 364 g/mol. The summed E-state index contributed by atoms with van der Waals surface area (Å²) in [6.45, 7) is 6.18. The number of pyridine rings is 1. The van der Waals surface area contributed by atoms with E-state index in [2.05, 4.69) is 15.8 Å². The Hall–Kier alpha value is -2.86. The first-order valence-electron chi connectivity index (χ1n) is 9.31. The van der Waals surface area contributed by atoms with E-state index in [1.165, 1.54) is 0 Å². The molecule has 3 aromatic rings. The Balaban J connectivity index is 1.79. The molecule has 1 unspecified atom stereocenters. The summed E-state index contributed by atoms with van der Waals surface area (Å²) in [6.07, 6.45) is 2.91. The highest BCUT2D eigenvalue weighted by Gasteiger charge is 2.19. The Labute approximate surface area is 158 Å². The minimum Gasteiger partial charge on any atom is -0.377 e. The number of nitrogens with zero attached hydrogens (tertiary/aromatic N) is 2. The molecule has 1 saturated heterocycles. The summed E-state index contributed by atoms with van der Waals surface area (Å²) in [6, 6.07) is 12.2. The molecule has 2 aromatic heterocycles. The van der Waals surface area contributed by atoms with Gasteiger partial charge in [0.05, 0.1) is 12.2 Å². The predicted molar refractivity (Wildman–Crippen MR) is 106 cm³/mol. The molecule has 4 rings (SSSR count). The first-order chi connectivity index (χ1) is 13.1. The van der Waals surface area contributed by atoms with Gasteiger partial charge in [0.2, 0.25) is 0 Å². The largest absolute Gasteiger partial charge is 0.377 e. The summed E-state index contributed by atoms with van der Waals surface area (Å²) in [4.78, 5) is 13.1. The molecule has 0 amide bonds. The number of nitrogens with one attached hydrogen (secondary N) is 2. The van der Waals surface area contributed by atoms with Crippen LogP contribution < -0.4 is 16.2 Å². The molecule has 1 fully saturated rings. The Morgan fingerprint density at radius 3 is 2.78 bits per heavy atom. The van der Waals surface area contributed by atoms with Crippen LogP contribution in [0, 0.1) is 13.8 Å². The van der Waals surface area contributed by atoms with E-state index < -0.39 is 0 Å². The van der Waals surface area contributed by atoms with Crippen LogP contribution in [0.4, 0.5) is 5.69 Å². The van der Waals surface area contributed by atoms with Gasteiger partial charge in [-0.3, -0.25) is 4.79 Å². The van der Waals surface area contributed by atoms with Crippen LogP contribution >= 0.6 is 0 Å². The summed E-state index contributed by atoms with van der Waals surface area (Å²) < 4.78 is 7.11. The third-order valence-electron chi connectivity index (χ3n) is 5.02. The van der Waals surface area contributed by atoms with Crippen LogP contribution in [0.1, 0.15) is 23.4 Å². The molecule has 0 saturated carbocycles. The van der Waals surface area contributed by atoms with Gasteiger partial charge in [0.25, 0.3) is 5.56 Å². The first-order valence-corrected chi connectivity index (χ1v) is 9.31. The highest BCUT2D eigenvalue weighted by atomic mass is 16.5. The first kappa shape index (κ1) is 17.5. The molecule has 0 radical (unpaired) electrons. The third kappa shape index (κ3) is 3.66. The van der Waals surface area contributed by atoms with Gasteiger partial charge in [-0.15, -0.1) is 0 Å². The summed E-state index contributed by atoms with van der Waals surface area (Å²) in [5.41, 5.74) is 4.41. The third-order valence-corrected chi connectivity index (χ3v) is 5.02. The van der Waals surface area contributed by atoms with Crippen molar-refractivity contribution in [3.05, 3.63) is 70.0 Å². The van der Waals surface area contributed by atoms with Gasteiger partial charge in [0.1, 0.15) is 11.4 Å². The maximum atomic E-state index is 13.1. The van der Waals surface area contributed by atoms with Crippen molar-refractivity contribution >= 4 is 5.69 Å².